The van der Waals surface area contributed by atoms with E-state index >= 15 is 0 Å². The summed E-state index contributed by atoms with van der Waals surface area (Å²) in [5.41, 5.74) is 1.53. The van der Waals surface area contributed by atoms with Crippen LogP contribution in [-0.2, 0) is 0 Å². The van der Waals surface area contributed by atoms with Crippen LogP contribution in [0.4, 0.5) is 0 Å². The second-order valence-electron chi connectivity index (χ2n) is 3.72. The zero-order chi connectivity index (χ0) is 12.3. The smallest absolute Gasteiger partial charge is 0.104 e. The number of carboxylic acids is 1. The van der Waals surface area contributed by atoms with Crippen LogP contribution in [0.5, 0.6) is 0 Å². The molecule has 0 bridgehead atoms. The number of rotatable bonds is 3. The lowest BCUT2D eigenvalue weighted by atomic mass is 10.0. The number of carbonyl (C=O) groups excluding carboxylic acids is 1. The fraction of sp³-hybridized carbons (Fsp3) is 0.0714. The predicted molar refractivity (Wildman–Crippen MR) is 61.3 cm³/mol. The van der Waals surface area contributed by atoms with Crippen LogP contribution in [0.1, 0.15) is 27.6 Å². The topological polar surface area (TPSA) is 60.4 Å². The molecule has 0 spiro atoms. The Morgan fingerprint density at radius 1 is 0.941 bits per heavy atom. The molecule has 17 heavy (non-hydrogen) atoms. The van der Waals surface area contributed by atoms with Gasteiger partial charge in [0.25, 0.3) is 0 Å². The molecule has 1 N–H and O–H groups in total. The summed E-state index contributed by atoms with van der Waals surface area (Å²) in [5, 5.41) is 20.6. The number of carboxylic acid groups (broad SMARTS) is 1. The Morgan fingerprint density at radius 3 is 2.00 bits per heavy atom. The molecule has 3 heteroatoms. The highest BCUT2D eigenvalue weighted by Gasteiger charge is 2.09. The number of aliphatic hydroxyl groups is 1. The SMILES string of the molecule is O=C([O-])c1ccc([C@@H](O)c2ccccc2)cc1. The van der Waals surface area contributed by atoms with Gasteiger partial charge in [-0.05, 0) is 16.7 Å². The summed E-state index contributed by atoms with van der Waals surface area (Å²) in [5.74, 6) is -1.22. The van der Waals surface area contributed by atoms with Crippen LogP contribution in [0.3, 0.4) is 0 Å². The van der Waals surface area contributed by atoms with Gasteiger partial charge >= 0.3 is 0 Å². The zero-order valence-corrected chi connectivity index (χ0v) is 9.04. The molecule has 0 aliphatic heterocycles. The van der Waals surface area contributed by atoms with Gasteiger partial charge in [0, 0.05) is 0 Å². The van der Waals surface area contributed by atoms with E-state index in [9.17, 15) is 15.0 Å². The Bertz CT molecular complexity index is 503. The van der Waals surface area contributed by atoms with Crippen molar-refractivity contribution >= 4 is 5.97 Å². The fourth-order valence-corrected chi connectivity index (χ4v) is 1.63. The van der Waals surface area contributed by atoms with Gasteiger partial charge in [-0.2, -0.15) is 0 Å². The minimum absolute atomic E-state index is 0.106. The van der Waals surface area contributed by atoms with Gasteiger partial charge in [-0.1, -0.05) is 54.6 Å². The van der Waals surface area contributed by atoms with E-state index in [-0.39, 0.29) is 5.56 Å². The third kappa shape index (κ3) is 2.52. The van der Waals surface area contributed by atoms with Crippen molar-refractivity contribution in [2.24, 2.45) is 0 Å². The highest BCUT2D eigenvalue weighted by atomic mass is 16.4. The molecule has 0 saturated carbocycles. The molecule has 0 unspecified atom stereocenters. The van der Waals surface area contributed by atoms with Crippen molar-refractivity contribution in [1.29, 1.82) is 0 Å². The monoisotopic (exact) mass is 227 g/mol. The van der Waals surface area contributed by atoms with Crippen molar-refractivity contribution in [2.75, 3.05) is 0 Å². The first-order valence-corrected chi connectivity index (χ1v) is 5.23. The number of aromatic carboxylic acids is 1. The van der Waals surface area contributed by atoms with Crippen LogP contribution in [0.2, 0.25) is 0 Å². The molecule has 0 fully saturated rings. The number of carbonyl (C=O) groups is 1. The average molecular weight is 227 g/mol. The van der Waals surface area contributed by atoms with E-state index in [1.807, 2.05) is 30.3 Å². The normalized spacial score (nSPS) is 12.1. The molecule has 0 aromatic heterocycles. The Labute approximate surface area is 99.0 Å². The largest absolute Gasteiger partial charge is 0.545 e. The number of benzene rings is 2. The third-order valence-corrected chi connectivity index (χ3v) is 2.58. The van der Waals surface area contributed by atoms with Gasteiger partial charge in [0.05, 0.1) is 5.97 Å². The molecule has 0 aliphatic rings. The van der Waals surface area contributed by atoms with E-state index in [4.69, 9.17) is 0 Å². The molecular weight excluding hydrogens is 216 g/mol. The summed E-state index contributed by atoms with van der Waals surface area (Å²) < 4.78 is 0. The van der Waals surface area contributed by atoms with Crippen LogP contribution in [0.15, 0.2) is 54.6 Å². The van der Waals surface area contributed by atoms with Crippen LogP contribution < -0.4 is 5.11 Å². The van der Waals surface area contributed by atoms with Gasteiger partial charge < -0.3 is 15.0 Å². The van der Waals surface area contributed by atoms with Crippen LogP contribution in [0.25, 0.3) is 0 Å². The van der Waals surface area contributed by atoms with Crippen LogP contribution in [0, 0.1) is 0 Å². The first kappa shape index (κ1) is 11.4. The number of hydrogen-bond donors (Lipinski definition) is 1. The van der Waals surface area contributed by atoms with Gasteiger partial charge in [0.15, 0.2) is 0 Å². The Hall–Kier alpha value is -2.13. The van der Waals surface area contributed by atoms with E-state index in [0.717, 1.165) is 5.56 Å². The molecule has 0 heterocycles. The molecule has 0 aliphatic carbocycles. The molecule has 1 atom stereocenters. The van der Waals surface area contributed by atoms with Crippen LogP contribution in [-0.4, -0.2) is 11.1 Å². The second kappa shape index (κ2) is 4.80. The van der Waals surface area contributed by atoms with Crippen LogP contribution >= 0.6 is 0 Å². The highest BCUT2D eigenvalue weighted by molar-refractivity contribution is 5.85. The molecule has 3 nitrogen and oxygen atoms in total. The number of aliphatic hydroxyl groups excluding tert-OH is 1. The summed E-state index contributed by atoms with van der Waals surface area (Å²) in [6, 6.07) is 15.2. The van der Waals surface area contributed by atoms with Gasteiger partial charge in [0.2, 0.25) is 0 Å². The molecule has 0 radical (unpaired) electrons. The molecule has 86 valence electrons. The summed E-state index contributed by atoms with van der Waals surface area (Å²) >= 11 is 0. The predicted octanol–water partition coefficient (Wildman–Crippen LogP) is 1.13. The maximum Gasteiger partial charge on any atom is 0.104 e. The van der Waals surface area contributed by atoms with E-state index < -0.39 is 12.1 Å². The standard InChI is InChI=1S/C14H12O3/c15-13(10-4-2-1-3-5-10)11-6-8-12(9-7-11)14(16)17/h1-9,13,15H,(H,16,17)/p-1/t13-/m0/s1. The lowest BCUT2D eigenvalue weighted by molar-refractivity contribution is -0.255. The van der Waals surface area contributed by atoms with Crippen molar-refractivity contribution in [3.63, 3.8) is 0 Å². The molecule has 2 aromatic rings. The van der Waals surface area contributed by atoms with Gasteiger partial charge in [-0.25, -0.2) is 0 Å². The maximum atomic E-state index is 10.6. The second-order valence-corrected chi connectivity index (χ2v) is 3.72. The summed E-state index contributed by atoms with van der Waals surface area (Å²) in [7, 11) is 0. The van der Waals surface area contributed by atoms with Crippen molar-refractivity contribution in [3.8, 4) is 0 Å². The summed E-state index contributed by atoms with van der Waals surface area (Å²) in [4.78, 5) is 10.6. The molecule has 0 saturated heterocycles. The van der Waals surface area contributed by atoms with Gasteiger partial charge in [-0.15, -0.1) is 0 Å². The third-order valence-electron chi connectivity index (χ3n) is 2.58. The van der Waals surface area contributed by atoms with Crippen molar-refractivity contribution in [2.45, 2.75) is 6.10 Å². The van der Waals surface area contributed by atoms with E-state index in [1.165, 1.54) is 12.1 Å². The summed E-state index contributed by atoms with van der Waals surface area (Å²) in [6.45, 7) is 0. The lowest BCUT2D eigenvalue weighted by Crippen LogP contribution is -2.22. The maximum absolute atomic E-state index is 10.6. The van der Waals surface area contributed by atoms with E-state index in [0.29, 0.717) is 5.56 Å². The highest BCUT2D eigenvalue weighted by Crippen LogP contribution is 2.21. The van der Waals surface area contributed by atoms with Gasteiger partial charge in [0.1, 0.15) is 6.10 Å². The Kier molecular flexibility index (Phi) is 3.21. The average Bonchev–Trinajstić information content (AvgIpc) is 2.39. The van der Waals surface area contributed by atoms with Crippen molar-refractivity contribution in [1.82, 2.24) is 0 Å². The Morgan fingerprint density at radius 2 is 1.47 bits per heavy atom. The minimum Gasteiger partial charge on any atom is -0.545 e. The fourth-order valence-electron chi connectivity index (χ4n) is 1.63. The molecule has 2 aromatic carbocycles. The van der Waals surface area contributed by atoms with Crippen molar-refractivity contribution in [3.05, 3.63) is 71.3 Å². The Balaban J connectivity index is 2.26. The van der Waals surface area contributed by atoms with Gasteiger partial charge in [-0.3, -0.25) is 0 Å². The van der Waals surface area contributed by atoms with E-state index in [2.05, 4.69) is 0 Å². The minimum atomic E-state index is -1.22. The zero-order valence-electron chi connectivity index (χ0n) is 9.04. The molecule has 2 rings (SSSR count). The lowest BCUT2D eigenvalue weighted by Gasteiger charge is -2.12. The number of hydrogen-bond acceptors (Lipinski definition) is 3. The molecule has 0 amide bonds. The summed E-state index contributed by atoms with van der Waals surface area (Å²) in [6.07, 6.45) is -0.744. The first-order valence-electron chi connectivity index (χ1n) is 5.23. The van der Waals surface area contributed by atoms with Crippen molar-refractivity contribution < 1.29 is 15.0 Å². The quantitative estimate of drug-likeness (QED) is 0.855. The molecular formula is C14H11O3-. The van der Waals surface area contributed by atoms with E-state index in [1.54, 1.807) is 12.1 Å². The first-order chi connectivity index (χ1) is 8.18.